The number of carboxylic acid groups (broad SMARTS) is 1. The van der Waals surface area contributed by atoms with E-state index in [1.54, 1.807) is 6.07 Å². The second-order valence-corrected chi connectivity index (χ2v) is 4.20. The van der Waals surface area contributed by atoms with Crippen molar-refractivity contribution in [1.82, 2.24) is 4.98 Å². The summed E-state index contributed by atoms with van der Waals surface area (Å²) in [6.45, 7) is 3.90. The second kappa shape index (κ2) is 5.85. The fourth-order valence-electron chi connectivity index (χ4n) is 1.49. The molecule has 1 rings (SSSR count). The molecule has 0 saturated heterocycles. The van der Waals surface area contributed by atoms with Crippen molar-refractivity contribution >= 4 is 11.7 Å². The van der Waals surface area contributed by atoms with E-state index in [4.69, 9.17) is 10.4 Å². The molecule has 5 nitrogen and oxygen atoms in total. The van der Waals surface area contributed by atoms with Crippen LogP contribution in [0.5, 0.6) is 0 Å². The monoisotopic (exact) mass is 233 g/mol. The standard InChI is InChI=1S/C12H15N3O2/c1-8(2)5-10(12(16)17)15-11-7-14-4-3-9(11)6-13/h3-4,7-8,10,15H,5H2,1-2H3,(H,16,17). The number of carboxylic acids is 1. The zero-order valence-corrected chi connectivity index (χ0v) is 9.84. The summed E-state index contributed by atoms with van der Waals surface area (Å²) in [6, 6.07) is 2.85. The van der Waals surface area contributed by atoms with E-state index in [2.05, 4.69) is 10.3 Å². The van der Waals surface area contributed by atoms with Crippen LogP contribution in [0.15, 0.2) is 18.5 Å². The van der Waals surface area contributed by atoms with Crippen LogP contribution in [0, 0.1) is 17.2 Å². The van der Waals surface area contributed by atoms with Crippen LogP contribution in [-0.4, -0.2) is 22.1 Å². The van der Waals surface area contributed by atoms with Gasteiger partial charge in [0.2, 0.25) is 0 Å². The maximum absolute atomic E-state index is 11.1. The SMILES string of the molecule is CC(C)CC(Nc1cnccc1C#N)C(=O)O. The predicted molar refractivity (Wildman–Crippen MR) is 63.5 cm³/mol. The molecule has 0 aromatic carbocycles. The van der Waals surface area contributed by atoms with E-state index >= 15 is 0 Å². The van der Waals surface area contributed by atoms with Gasteiger partial charge in [0, 0.05) is 6.20 Å². The molecular weight excluding hydrogens is 218 g/mol. The molecule has 90 valence electrons. The minimum Gasteiger partial charge on any atom is -0.480 e. The molecular formula is C12H15N3O2. The average Bonchev–Trinajstić information content (AvgIpc) is 2.28. The molecule has 0 aliphatic rings. The van der Waals surface area contributed by atoms with Crippen LogP contribution >= 0.6 is 0 Å². The number of hydrogen-bond donors (Lipinski definition) is 2. The quantitative estimate of drug-likeness (QED) is 0.810. The van der Waals surface area contributed by atoms with Gasteiger partial charge in [0.25, 0.3) is 0 Å². The molecule has 17 heavy (non-hydrogen) atoms. The molecule has 1 aromatic heterocycles. The summed E-state index contributed by atoms with van der Waals surface area (Å²) in [5.74, 6) is -0.669. The third-order valence-corrected chi connectivity index (χ3v) is 2.28. The Morgan fingerprint density at radius 3 is 2.88 bits per heavy atom. The van der Waals surface area contributed by atoms with E-state index in [1.807, 2.05) is 19.9 Å². The minimum absolute atomic E-state index is 0.255. The molecule has 0 bridgehead atoms. The van der Waals surface area contributed by atoms with Crippen molar-refractivity contribution in [3.05, 3.63) is 24.0 Å². The summed E-state index contributed by atoms with van der Waals surface area (Å²) < 4.78 is 0. The van der Waals surface area contributed by atoms with Crippen molar-refractivity contribution < 1.29 is 9.90 Å². The van der Waals surface area contributed by atoms with Crippen molar-refractivity contribution in [1.29, 1.82) is 5.26 Å². The summed E-state index contributed by atoms with van der Waals surface area (Å²) in [7, 11) is 0. The van der Waals surface area contributed by atoms with Crippen LogP contribution < -0.4 is 5.32 Å². The highest BCUT2D eigenvalue weighted by Crippen LogP contribution is 2.16. The smallest absolute Gasteiger partial charge is 0.326 e. The normalized spacial score (nSPS) is 11.9. The lowest BCUT2D eigenvalue weighted by molar-refractivity contribution is -0.138. The van der Waals surface area contributed by atoms with Crippen molar-refractivity contribution in [2.45, 2.75) is 26.3 Å². The predicted octanol–water partition coefficient (Wildman–Crippen LogP) is 1.86. The van der Waals surface area contributed by atoms with Crippen molar-refractivity contribution in [3.8, 4) is 6.07 Å². The number of hydrogen-bond acceptors (Lipinski definition) is 4. The van der Waals surface area contributed by atoms with Gasteiger partial charge in [-0.15, -0.1) is 0 Å². The first kappa shape index (κ1) is 13.0. The second-order valence-electron chi connectivity index (χ2n) is 4.20. The first-order valence-corrected chi connectivity index (χ1v) is 5.38. The number of nitrogens with one attached hydrogen (secondary N) is 1. The molecule has 2 N–H and O–H groups in total. The van der Waals surface area contributed by atoms with Crippen LogP contribution in [0.2, 0.25) is 0 Å². The average molecular weight is 233 g/mol. The summed E-state index contributed by atoms with van der Waals surface area (Å²) in [4.78, 5) is 15.0. The van der Waals surface area contributed by atoms with Crippen LogP contribution in [0.25, 0.3) is 0 Å². The van der Waals surface area contributed by atoms with Gasteiger partial charge in [0.1, 0.15) is 12.1 Å². The Hall–Kier alpha value is -2.09. The molecule has 5 heteroatoms. The van der Waals surface area contributed by atoms with E-state index in [0.29, 0.717) is 17.7 Å². The molecule has 0 amide bonds. The van der Waals surface area contributed by atoms with Gasteiger partial charge in [0.05, 0.1) is 17.4 Å². The highest BCUT2D eigenvalue weighted by atomic mass is 16.4. The van der Waals surface area contributed by atoms with Gasteiger partial charge in [0.15, 0.2) is 0 Å². The number of aromatic nitrogens is 1. The number of nitriles is 1. The number of nitrogens with zero attached hydrogens (tertiary/aromatic N) is 2. The number of anilines is 1. The Labute approximate surface area is 100 Å². The van der Waals surface area contributed by atoms with Crippen molar-refractivity contribution in [2.24, 2.45) is 5.92 Å². The fraction of sp³-hybridized carbons (Fsp3) is 0.417. The first-order valence-electron chi connectivity index (χ1n) is 5.38. The topological polar surface area (TPSA) is 86.0 Å². The summed E-state index contributed by atoms with van der Waals surface area (Å²) in [5, 5.41) is 20.8. The summed E-state index contributed by atoms with van der Waals surface area (Å²) >= 11 is 0. The van der Waals surface area contributed by atoms with Crippen LogP contribution in [-0.2, 0) is 4.79 Å². The van der Waals surface area contributed by atoms with E-state index in [9.17, 15) is 4.79 Å². The Balaban J connectivity index is 2.86. The van der Waals surface area contributed by atoms with E-state index in [-0.39, 0.29) is 5.92 Å². The van der Waals surface area contributed by atoms with E-state index in [0.717, 1.165) is 0 Å². The molecule has 0 saturated carbocycles. The van der Waals surface area contributed by atoms with Gasteiger partial charge in [-0.05, 0) is 18.4 Å². The van der Waals surface area contributed by atoms with Gasteiger partial charge in [-0.25, -0.2) is 4.79 Å². The van der Waals surface area contributed by atoms with Gasteiger partial charge >= 0.3 is 5.97 Å². The molecule has 1 unspecified atom stereocenters. The highest BCUT2D eigenvalue weighted by molar-refractivity contribution is 5.78. The zero-order chi connectivity index (χ0) is 12.8. The van der Waals surface area contributed by atoms with Gasteiger partial charge < -0.3 is 10.4 Å². The molecule has 1 atom stereocenters. The number of pyridine rings is 1. The lowest BCUT2D eigenvalue weighted by Crippen LogP contribution is -2.31. The fourth-order valence-corrected chi connectivity index (χ4v) is 1.49. The molecule has 0 aliphatic heterocycles. The molecule has 1 aromatic rings. The Bertz CT molecular complexity index is 438. The van der Waals surface area contributed by atoms with Crippen LogP contribution in [0.1, 0.15) is 25.8 Å². The van der Waals surface area contributed by atoms with E-state index in [1.165, 1.54) is 12.4 Å². The van der Waals surface area contributed by atoms with Gasteiger partial charge in [-0.1, -0.05) is 13.8 Å². The Kier molecular flexibility index (Phi) is 4.46. The Morgan fingerprint density at radius 2 is 2.35 bits per heavy atom. The van der Waals surface area contributed by atoms with Gasteiger partial charge in [-0.2, -0.15) is 5.26 Å². The van der Waals surface area contributed by atoms with E-state index < -0.39 is 12.0 Å². The molecule has 1 heterocycles. The third-order valence-electron chi connectivity index (χ3n) is 2.28. The van der Waals surface area contributed by atoms with Crippen LogP contribution in [0.4, 0.5) is 5.69 Å². The lowest BCUT2D eigenvalue weighted by Gasteiger charge is -2.17. The maximum atomic E-state index is 11.1. The molecule has 0 aliphatic carbocycles. The Morgan fingerprint density at radius 1 is 1.65 bits per heavy atom. The van der Waals surface area contributed by atoms with Crippen molar-refractivity contribution in [2.75, 3.05) is 5.32 Å². The largest absolute Gasteiger partial charge is 0.480 e. The number of carbonyl (C=O) groups is 1. The van der Waals surface area contributed by atoms with Crippen LogP contribution in [0.3, 0.4) is 0 Å². The number of aliphatic carboxylic acids is 1. The molecule has 0 spiro atoms. The van der Waals surface area contributed by atoms with Gasteiger partial charge in [-0.3, -0.25) is 4.98 Å². The molecule has 0 radical (unpaired) electrons. The highest BCUT2D eigenvalue weighted by Gasteiger charge is 2.19. The minimum atomic E-state index is -0.925. The van der Waals surface area contributed by atoms with Crippen molar-refractivity contribution in [3.63, 3.8) is 0 Å². The lowest BCUT2D eigenvalue weighted by atomic mass is 10.0. The first-order chi connectivity index (χ1) is 8.04. The number of rotatable bonds is 5. The zero-order valence-electron chi connectivity index (χ0n) is 9.84. The summed E-state index contributed by atoms with van der Waals surface area (Å²) in [5.41, 5.74) is 0.859. The molecule has 0 fully saturated rings. The third kappa shape index (κ3) is 3.76. The maximum Gasteiger partial charge on any atom is 0.326 e. The summed E-state index contributed by atoms with van der Waals surface area (Å²) in [6.07, 6.45) is 3.46.